The number of nitrogens with one attached hydrogen (secondary N) is 3. The van der Waals surface area contributed by atoms with Gasteiger partial charge in [-0.3, -0.25) is 19.7 Å². The zero-order valence-electron chi connectivity index (χ0n) is 15.3. The SMILES string of the molecule is COc1ccc(Cl)cc1NC(=O)C[NH+](C)CC(=O)Nc1ccc([N+](=O)[O-])cc1. The van der Waals surface area contributed by atoms with Crippen LogP contribution in [-0.2, 0) is 9.59 Å². The fourth-order valence-electron chi connectivity index (χ4n) is 2.45. The summed E-state index contributed by atoms with van der Waals surface area (Å²) in [5.41, 5.74) is 0.827. The number of methoxy groups -OCH3 is 1. The minimum Gasteiger partial charge on any atom is -0.495 e. The van der Waals surface area contributed by atoms with Gasteiger partial charge in [0.1, 0.15) is 5.75 Å². The molecule has 0 aliphatic rings. The molecule has 0 fully saturated rings. The molecule has 2 aromatic carbocycles. The van der Waals surface area contributed by atoms with Crippen LogP contribution < -0.4 is 20.3 Å². The number of nitro groups is 1. The molecule has 9 nitrogen and oxygen atoms in total. The van der Waals surface area contributed by atoms with E-state index in [1.807, 2.05) is 0 Å². The summed E-state index contributed by atoms with van der Waals surface area (Å²) >= 11 is 5.93. The first-order valence-corrected chi connectivity index (χ1v) is 8.65. The Balaban J connectivity index is 1.86. The maximum atomic E-state index is 12.2. The number of ether oxygens (including phenoxy) is 1. The predicted octanol–water partition coefficient (Wildman–Crippen LogP) is 1.35. The number of halogens is 1. The topological polar surface area (TPSA) is 115 Å². The van der Waals surface area contributed by atoms with Crippen LogP contribution in [0.1, 0.15) is 0 Å². The van der Waals surface area contributed by atoms with Crippen LogP contribution in [0.5, 0.6) is 5.75 Å². The first-order valence-electron chi connectivity index (χ1n) is 8.27. The molecule has 3 N–H and O–H groups in total. The van der Waals surface area contributed by atoms with Crippen LogP contribution in [-0.4, -0.2) is 44.0 Å². The lowest BCUT2D eigenvalue weighted by atomic mass is 10.3. The minimum atomic E-state index is -0.517. The van der Waals surface area contributed by atoms with Gasteiger partial charge in [-0.2, -0.15) is 0 Å². The van der Waals surface area contributed by atoms with Crippen molar-refractivity contribution in [1.82, 2.24) is 0 Å². The number of amides is 2. The van der Waals surface area contributed by atoms with Crippen LogP contribution in [0.25, 0.3) is 0 Å². The Kier molecular flexibility index (Phi) is 7.30. The number of nitro benzene ring substituents is 1. The molecule has 0 saturated heterocycles. The average molecular weight is 408 g/mol. The van der Waals surface area contributed by atoms with Crippen molar-refractivity contribution in [3.05, 3.63) is 57.6 Å². The fraction of sp³-hybridized carbons (Fsp3) is 0.222. The Labute approximate surface area is 166 Å². The number of benzene rings is 2. The van der Waals surface area contributed by atoms with E-state index in [0.717, 1.165) is 0 Å². The van der Waals surface area contributed by atoms with E-state index in [1.165, 1.54) is 31.4 Å². The van der Waals surface area contributed by atoms with Gasteiger partial charge in [-0.15, -0.1) is 0 Å². The van der Waals surface area contributed by atoms with Gasteiger partial charge in [-0.05, 0) is 30.3 Å². The quantitative estimate of drug-likeness (QED) is 0.451. The summed E-state index contributed by atoms with van der Waals surface area (Å²) in [5.74, 6) is -0.146. The zero-order chi connectivity index (χ0) is 20.7. The molecule has 2 rings (SSSR count). The van der Waals surface area contributed by atoms with Gasteiger partial charge in [0.2, 0.25) is 0 Å². The zero-order valence-corrected chi connectivity index (χ0v) is 16.1. The molecule has 2 amide bonds. The van der Waals surface area contributed by atoms with Gasteiger partial charge in [0, 0.05) is 22.8 Å². The lowest BCUT2D eigenvalue weighted by Gasteiger charge is -2.15. The summed E-state index contributed by atoms with van der Waals surface area (Å²) in [4.78, 5) is 35.1. The summed E-state index contributed by atoms with van der Waals surface area (Å²) in [5, 5.41) is 16.4. The normalized spacial score (nSPS) is 11.4. The van der Waals surface area contributed by atoms with E-state index in [0.29, 0.717) is 27.0 Å². The highest BCUT2D eigenvalue weighted by Gasteiger charge is 2.16. The molecule has 0 aromatic heterocycles. The number of carbonyl (C=O) groups excluding carboxylic acids is 2. The highest BCUT2D eigenvalue weighted by Crippen LogP contribution is 2.27. The highest BCUT2D eigenvalue weighted by molar-refractivity contribution is 6.31. The summed E-state index contributed by atoms with van der Waals surface area (Å²) in [6, 6.07) is 10.4. The molecule has 0 aliphatic carbocycles. The molecule has 148 valence electrons. The van der Waals surface area contributed by atoms with Gasteiger partial charge in [0.05, 0.1) is 24.8 Å². The monoisotopic (exact) mass is 407 g/mol. The van der Waals surface area contributed by atoms with Crippen molar-refractivity contribution in [1.29, 1.82) is 0 Å². The van der Waals surface area contributed by atoms with E-state index in [9.17, 15) is 19.7 Å². The maximum absolute atomic E-state index is 12.2. The van der Waals surface area contributed by atoms with Crippen molar-refractivity contribution in [2.75, 3.05) is 37.9 Å². The van der Waals surface area contributed by atoms with Crippen LogP contribution in [0.4, 0.5) is 17.1 Å². The van der Waals surface area contributed by atoms with E-state index in [1.54, 1.807) is 25.2 Å². The Morgan fingerprint density at radius 2 is 1.71 bits per heavy atom. The number of anilines is 2. The number of hydrogen-bond acceptors (Lipinski definition) is 5. The maximum Gasteiger partial charge on any atom is 0.279 e. The number of likely N-dealkylation sites (N-methyl/N-ethyl adjacent to an activating group) is 1. The largest absolute Gasteiger partial charge is 0.495 e. The Morgan fingerprint density at radius 3 is 2.29 bits per heavy atom. The molecule has 0 bridgehead atoms. The van der Waals surface area contributed by atoms with E-state index in [2.05, 4.69) is 10.6 Å². The summed E-state index contributed by atoms with van der Waals surface area (Å²) in [6.45, 7) is 0.0838. The molecule has 0 aliphatic heterocycles. The van der Waals surface area contributed by atoms with Gasteiger partial charge in [0.25, 0.3) is 17.5 Å². The first kappa shape index (κ1) is 21.1. The van der Waals surface area contributed by atoms with Crippen molar-refractivity contribution < 1.29 is 24.1 Å². The molecule has 1 atom stereocenters. The second-order valence-electron chi connectivity index (χ2n) is 6.06. The van der Waals surface area contributed by atoms with E-state index in [4.69, 9.17) is 16.3 Å². The van der Waals surface area contributed by atoms with Gasteiger partial charge >= 0.3 is 0 Å². The number of hydrogen-bond donors (Lipinski definition) is 3. The number of rotatable bonds is 8. The average Bonchev–Trinajstić information content (AvgIpc) is 2.61. The van der Waals surface area contributed by atoms with Gasteiger partial charge in [-0.25, -0.2) is 0 Å². The molecule has 0 heterocycles. The van der Waals surface area contributed by atoms with Crippen molar-refractivity contribution in [2.24, 2.45) is 0 Å². The third-order valence-corrected chi connectivity index (χ3v) is 3.96. The lowest BCUT2D eigenvalue weighted by Crippen LogP contribution is -3.11. The predicted molar refractivity (Wildman–Crippen MR) is 105 cm³/mol. The summed E-state index contributed by atoms with van der Waals surface area (Å²) in [7, 11) is 3.18. The van der Waals surface area contributed by atoms with Crippen molar-refractivity contribution in [3.63, 3.8) is 0 Å². The van der Waals surface area contributed by atoms with E-state index in [-0.39, 0.29) is 30.6 Å². The first-order chi connectivity index (χ1) is 13.3. The molecule has 10 heteroatoms. The number of quaternary nitrogens is 1. The fourth-order valence-corrected chi connectivity index (χ4v) is 2.63. The number of nitrogens with zero attached hydrogens (tertiary/aromatic N) is 1. The Morgan fingerprint density at radius 1 is 1.11 bits per heavy atom. The van der Waals surface area contributed by atoms with Gasteiger partial charge in [-0.1, -0.05) is 11.6 Å². The van der Waals surface area contributed by atoms with Crippen molar-refractivity contribution >= 4 is 40.5 Å². The standard InChI is InChI=1S/C18H19ClN4O5/c1-22(10-17(24)20-13-4-6-14(7-5-13)23(26)27)11-18(25)21-15-9-12(19)3-8-16(15)28-2/h3-9H,10-11H2,1-2H3,(H,20,24)(H,21,25)/p+1. The van der Waals surface area contributed by atoms with Gasteiger partial charge in [0.15, 0.2) is 13.1 Å². The molecular formula is C18H20ClN4O5+. The van der Waals surface area contributed by atoms with Gasteiger partial charge < -0.3 is 20.3 Å². The lowest BCUT2D eigenvalue weighted by molar-refractivity contribution is -0.862. The summed E-state index contributed by atoms with van der Waals surface area (Å²) in [6.07, 6.45) is 0. The van der Waals surface area contributed by atoms with Crippen LogP contribution >= 0.6 is 11.6 Å². The van der Waals surface area contributed by atoms with Crippen LogP contribution in [0.3, 0.4) is 0 Å². The molecule has 0 spiro atoms. The van der Waals surface area contributed by atoms with Crippen LogP contribution in [0.15, 0.2) is 42.5 Å². The second-order valence-corrected chi connectivity index (χ2v) is 6.49. The molecule has 2 aromatic rings. The number of non-ortho nitro benzene ring substituents is 1. The molecule has 1 unspecified atom stereocenters. The van der Waals surface area contributed by atoms with Crippen molar-refractivity contribution in [2.45, 2.75) is 0 Å². The van der Waals surface area contributed by atoms with E-state index < -0.39 is 4.92 Å². The Bertz CT molecular complexity index is 873. The molecule has 0 radical (unpaired) electrons. The highest BCUT2D eigenvalue weighted by atomic mass is 35.5. The number of carbonyl (C=O) groups is 2. The smallest absolute Gasteiger partial charge is 0.279 e. The molecule has 28 heavy (non-hydrogen) atoms. The molecule has 0 saturated carbocycles. The van der Waals surface area contributed by atoms with Crippen molar-refractivity contribution in [3.8, 4) is 5.75 Å². The Hall–Kier alpha value is -3.17. The van der Waals surface area contributed by atoms with E-state index >= 15 is 0 Å². The minimum absolute atomic E-state index is 0.0388. The van der Waals surface area contributed by atoms with Crippen LogP contribution in [0, 0.1) is 10.1 Å². The molecular weight excluding hydrogens is 388 g/mol. The third-order valence-electron chi connectivity index (χ3n) is 3.72. The summed E-state index contributed by atoms with van der Waals surface area (Å²) < 4.78 is 5.17. The van der Waals surface area contributed by atoms with Crippen LogP contribution in [0.2, 0.25) is 5.02 Å². The second kappa shape index (κ2) is 9.67. The third kappa shape index (κ3) is 6.22.